The topological polar surface area (TPSA) is 96.0 Å². The average Bonchev–Trinajstić information content (AvgIpc) is 2.76. The Morgan fingerprint density at radius 1 is 1.12 bits per heavy atom. The lowest BCUT2D eigenvalue weighted by Crippen LogP contribution is -2.42. The number of hydrogen-bond donors (Lipinski definition) is 1. The van der Waals surface area contributed by atoms with Crippen LogP contribution in [-0.2, 0) is 21.2 Å². The number of nitrogens with one attached hydrogen (secondary N) is 1. The first-order valence-electron chi connectivity index (χ1n) is 10.4. The Morgan fingerprint density at radius 2 is 1.81 bits per heavy atom. The van der Waals surface area contributed by atoms with Crippen molar-refractivity contribution in [3.63, 3.8) is 0 Å². The van der Waals surface area contributed by atoms with Crippen LogP contribution in [0.4, 0.5) is 5.69 Å². The molecule has 0 bridgehead atoms. The second-order valence-electron chi connectivity index (χ2n) is 8.09. The molecule has 2 amide bonds. The maximum Gasteiger partial charge on any atom is 0.253 e. The van der Waals surface area contributed by atoms with Crippen LogP contribution < -0.4 is 14.4 Å². The molecule has 172 valence electrons. The Morgan fingerprint density at radius 3 is 2.41 bits per heavy atom. The highest BCUT2D eigenvalue weighted by molar-refractivity contribution is 7.92. The van der Waals surface area contributed by atoms with Gasteiger partial charge in [0.2, 0.25) is 15.9 Å². The van der Waals surface area contributed by atoms with E-state index < -0.39 is 15.9 Å². The van der Waals surface area contributed by atoms with Gasteiger partial charge in [-0.2, -0.15) is 0 Å². The van der Waals surface area contributed by atoms with Gasteiger partial charge in [-0.1, -0.05) is 6.07 Å². The lowest BCUT2D eigenvalue weighted by Gasteiger charge is -2.28. The highest BCUT2D eigenvalue weighted by Gasteiger charge is 2.26. The summed E-state index contributed by atoms with van der Waals surface area (Å²) in [5, 5.41) is 2.98. The highest BCUT2D eigenvalue weighted by atomic mass is 32.2. The first-order valence-corrected chi connectivity index (χ1v) is 12.2. The molecule has 2 aromatic rings. The van der Waals surface area contributed by atoms with Crippen LogP contribution in [-0.4, -0.2) is 59.1 Å². The highest BCUT2D eigenvalue weighted by Crippen LogP contribution is 2.32. The zero-order valence-electron chi connectivity index (χ0n) is 18.8. The van der Waals surface area contributed by atoms with Crippen LogP contribution in [0, 0.1) is 0 Å². The van der Waals surface area contributed by atoms with Crippen molar-refractivity contribution in [3.05, 3.63) is 59.2 Å². The minimum Gasteiger partial charge on any atom is -0.497 e. The molecule has 0 fully saturated rings. The fourth-order valence-corrected chi connectivity index (χ4v) is 4.72. The number of methoxy groups -OCH3 is 1. The van der Waals surface area contributed by atoms with Gasteiger partial charge in [-0.15, -0.1) is 0 Å². The lowest BCUT2D eigenvalue weighted by atomic mass is 9.87. The van der Waals surface area contributed by atoms with Gasteiger partial charge in [0, 0.05) is 19.7 Å². The molecule has 2 aromatic carbocycles. The van der Waals surface area contributed by atoms with Gasteiger partial charge in [0.05, 0.1) is 25.1 Å². The van der Waals surface area contributed by atoms with Crippen LogP contribution in [0.5, 0.6) is 5.75 Å². The molecule has 8 nitrogen and oxygen atoms in total. The second kappa shape index (κ2) is 9.60. The van der Waals surface area contributed by atoms with E-state index in [0.29, 0.717) is 11.3 Å². The predicted molar refractivity (Wildman–Crippen MR) is 123 cm³/mol. The zero-order chi connectivity index (χ0) is 23.5. The van der Waals surface area contributed by atoms with Gasteiger partial charge in [-0.25, -0.2) is 8.42 Å². The first-order chi connectivity index (χ1) is 15.1. The number of fused-ring (bicyclic) bond motifs is 1. The van der Waals surface area contributed by atoms with Crippen LogP contribution in [0.1, 0.15) is 40.4 Å². The number of aryl methyl sites for hydroxylation is 1. The summed E-state index contributed by atoms with van der Waals surface area (Å²) in [6, 6.07) is 11.8. The number of ether oxygens (including phenoxy) is 1. The van der Waals surface area contributed by atoms with Gasteiger partial charge in [0.1, 0.15) is 12.3 Å². The minimum atomic E-state index is -3.71. The number of carbonyl (C=O) groups is 2. The number of hydrogen-bond acceptors (Lipinski definition) is 5. The number of sulfonamides is 1. The largest absolute Gasteiger partial charge is 0.497 e. The molecule has 9 heteroatoms. The van der Waals surface area contributed by atoms with Gasteiger partial charge in [-0.05, 0) is 66.8 Å². The Balaban J connectivity index is 1.76. The van der Waals surface area contributed by atoms with Crippen molar-refractivity contribution in [2.45, 2.75) is 25.3 Å². The monoisotopic (exact) mass is 459 g/mol. The van der Waals surface area contributed by atoms with Gasteiger partial charge >= 0.3 is 0 Å². The Hall–Kier alpha value is -3.07. The Bertz CT molecular complexity index is 1100. The number of benzene rings is 2. The normalized spacial score (nSPS) is 15.4. The predicted octanol–water partition coefficient (Wildman–Crippen LogP) is 2.36. The molecule has 0 radical (unpaired) electrons. The molecule has 0 aromatic heterocycles. The van der Waals surface area contributed by atoms with Crippen LogP contribution in [0.3, 0.4) is 0 Å². The van der Waals surface area contributed by atoms with Crippen molar-refractivity contribution in [1.29, 1.82) is 0 Å². The third-order valence-corrected chi connectivity index (χ3v) is 6.64. The molecule has 1 aliphatic rings. The average molecular weight is 460 g/mol. The quantitative estimate of drug-likeness (QED) is 0.686. The van der Waals surface area contributed by atoms with Gasteiger partial charge in [-0.3, -0.25) is 13.9 Å². The van der Waals surface area contributed by atoms with Crippen molar-refractivity contribution in [3.8, 4) is 5.75 Å². The van der Waals surface area contributed by atoms with Crippen LogP contribution in [0.25, 0.3) is 0 Å². The molecular weight excluding hydrogens is 430 g/mol. The van der Waals surface area contributed by atoms with Crippen molar-refractivity contribution in [2.24, 2.45) is 0 Å². The number of anilines is 1. The molecule has 1 N–H and O–H groups in total. The number of carbonyl (C=O) groups excluding carboxylic acids is 2. The third-order valence-electron chi connectivity index (χ3n) is 5.50. The van der Waals surface area contributed by atoms with Crippen molar-refractivity contribution in [1.82, 2.24) is 10.2 Å². The van der Waals surface area contributed by atoms with E-state index >= 15 is 0 Å². The Labute approximate surface area is 189 Å². The van der Waals surface area contributed by atoms with E-state index in [4.69, 9.17) is 4.74 Å². The number of rotatable bonds is 7. The molecule has 0 spiro atoms. The number of amides is 2. The molecule has 1 unspecified atom stereocenters. The van der Waals surface area contributed by atoms with Crippen molar-refractivity contribution < 1.29 is 22.7 Å². The van der Waals surface area contributed by atoms with Crippen molar-refractivity contribution >= 4 is 27.5 Å². The summed E-state index contributed by atoms with van der Waals surface area (Å²) in [4.78, 5) is 26.4. The van der Waals surface area contributed by atoms with E-state index in [-0.39, 0.29) is 18.5 Å². The van der Waals surface area contributed by atoms with E-state index in [0.717, 1.165) is 46.7 Å². The van der Waals surface area contributed by atoms with E-state index in [1.807, 2.05) is 18.2 Å². The molecular formula is C23H29N3O5S. The third kappa shape index (κ3) is 5.40. The minimum absolute atomic E-state index is 0.182. The van der Waals surface area contributed by atoms with E-state index in [9.17, 15) is 18.0 Å². The molecule has 0 saturated carbocycles. The summed E-state index contributed by atoms with van der Waals surface area (Å²) < 4.78 is 31.2. The molecule has 32 heavy (non-hydrogen) atoms. The molecule has 0 saturated heterocycles. The maximum absolute atomic E-state index is 12.8. The molecule has 1 atom stereocenters. The van der Waals surface area contributed by atoms with Crippen LogP contribution >= 0.6 is 0 Å². The fourth-order valence-electron chi connectivity index (χ4n) is 3.87. The standard InChI is InChI=1S/C23H29N3O5S/c1-25(2)23(28)16-8-10-18(11-9-16)26(32(4,29)30)15-22(27)24-21-7-5-6-17-14-19(31-3)12-13-20(17)21/h8-14,21H,5-7,15H2,1-4H3,(H,24,27). The second-order valence-corrected chi connectivity index (χ2v) is 10.00. The first kappa shape index (κ1) is 23.6. The van der Waals surface area contributed by atoms with E-state index in [2.05, 4.69) is 5.32 Å². The molecule has 0 aliphatic heterocycles. The molecule has 0 heterocycles. The van der Waals surface area contributed by atoms with Crippen molar-refractivity contribution in [2.75, 3.05) is 38.3 Å². The summed E-state index contributed by atoms with van der Waals surface area (Å²) in [5.74, 6) is 0.195. The summed E-state index contributed by atoms with van der Waals surface area (Å²) in [7, 11) is 1.19. The Kier molecular flexibility index (Phi) is 7.08. The van der Waals surface area contributed by atoms with Gasteiger partial charge in [0.25, 0.3) is 5.91 Å². The zero-order valence-corrected chi connectivity index (χ0v) is 19.6. The lowest BCUT2D eigenvalue weighted by molar-refractivity contribution is -0.120. The van der Waals surface area contributed by atoms with E-state index in [1.165, 1.54) is 17.0 Å². The van der Waals surface area contributed by atoms with Gasteiger partial charge < -0.3 is 15.0 Å². The number of nitrogens with zero attached hydrogens (tertiary/aromatic N) is 2. The maximum atomic E-state index is 12.8. The fraction of sp³-hybridized carbons (Fsp3) is 0.391. The summed E-state index contributed by atoms with van der Waals surface area (Å²) >= 11 is 0. The van der Waals surface area contributed by atoms with E-state index in [1.54, 1.807) is 33.3 Å². The SMILES string of the molecule is COc1ccc2c(c1)CCCC2NC(=O)CN(c1ccc(C(=O)N(C)C)cc1)S(C)(=O)=O. The van der Waals surface area contributed by atoms with Crippen LogP contribution in [0.2, 0.25) is 0 Å². The molecule has 3 rings (SSSR count). The molecule has 1 aliphatic carbocycles. The van der Waals surface area contributed by atoms with Crippen LogP contribution in [0.15, 0.2) is 42.5 Å². The summed E-state index contributed by atoms with van der Waals surface area (Å²) in [6.45, 7) is -0.345. The smallest absolute Gasteiger partial charge is 0.253 e. The van der Waals surface area contributed by atoms with Gasteiger partial charge in [0.15, 0.2) is 0 Å². The summed E-state index contributed by atoms with van der Waals surface area (Å²) in [6.07, 6.45) is 3.67. The summed E-state index contributed by atoms with van der Waals surface area (Å²) in [5.41, 5.74) is 2.92.